The first-order chi connectivity index (χ1) is 9.03. The van der Waals surface area contributed by atoms with Crippen molar-refractivity contribution in [2.75, 3.05) is 12.4 Å². The van der Waals surface area contributed by atoms with E-state index in [2.05, 4.69) is 12.2 Å². The average molecular weight is 284 g/mol. The maximum atomic E-state index is 12.0. The molecule has 0 saturated heterocycles. The Balaban J connectivity index is 2.85. The van der Waals surface area contributed by atoms with Gasteiger partial charge in [0.15, 0.2) is 0 Å². The van der Waals surface area contributed by atoms with Gasteiger partial charge < -0.3 is 10.1 Å². The van der Waals surface area contributed by atoms with E-state index in [-0.39, 0.29) is 5.97 Å². The summed E-state index contributed by atoms with van der Waals surface area (Å²) >= 11 is 6.12. The minimum Gasteiger partial charge on any atom is -0.467 e. The number of esters is 1. The van der Waals surface area contributed by atoms with E-state index in [1.807, 2.05) is 25.1 Å². The Morgan fingerprint density at radius 3 is 2.63 bits per heavy atom. The van der Waals surface area contributed by atoms with Crippen LogP contribution in [0, 0.1) is 0 Å². The molecule has 0 aliphatic rings. The Kier molecular flexibility index (Phi) is 6.16. The average Bonchev–Trinajstić information content (AvgIpc) is 2.41. The summed E-state index contributed by atoms with van der Waals surface area (Å²) in [5, 5.41) is 3.83. The van der Waals surface area contributed by atoms with Gasteiger partial charge in [0.25, 0.3) is 0 Å². The van der Waals surface area contributed by atoms with Gasteiger partial charge in [-0.3, -0.25) is 0 Å². The number of methoxy groups -OCH3 is 1. The van der Waals surface area contributed by atoms with Gasteiger partial charge in [-0.2, -0.15) is 0 Å². The maximum absolute atomic E-state index is 12.0. The third-order valence-electron chi connectivity index (χ3n) is 3.20. The lowest BCUT2D eigenvalue weighted by Gasteiger charge is -2.29. The molecule has 3 nitrogen and oxygen atoms in total. The van der Waals surface area contributed by atoms with Gasteiger partial charge in [0.05, 0.1) is 17.8 Å². The van der Waals surface area contributed by atoms with Crippen LogP contribution in [0.5, 0.6) is 0 Å². The molecule has 0 saturated carbocycles. The molecule has 1 atom stereocenters. The maximum Gasteiger partial charge on any atom is 0.331 e. The molecule has 0 aromatic heterocycles. The molecule has 1 unspecified atom stereocenters. The van der Waals surface area contributed by atoms with Gasteiger partial charge in [-0.15, -0.1) is 0 Å². The first-order valence-corrected chi connectivity index (χ1v) is 7.02. The number of anilines is 1. The smallest absolute Gasteiger partial charge is 0.331 e. The van der Waals surface area contributed by atoms with Crippen molar-refractivity contribution in [1.29, 1.82) is 0 Å². The van der Waals surface area contributed by atoms with Gasteiger partial charge >= 0.3 is 5.97 Å². The fraction of sp³-hybridized carbons (Fsp3) is 0.533. The van der Waals surface area contributed by atoms with E-state index in [1.165, 1.54) is 7.11 Å². The second-order valence-electron chi connectivity index (χ2n) is 4.89. The summed E-state index contributed by atoms with van der Waals surface area (Å²) in [7, 11) is 1.41. The van der Waals surface area contributed by atoms with Crippen LogP contribution in [0.2, 0.25) is 5.02 Å². The highest BCUT2D eigenvalue weighted by Gasteiger charge is 2.34. The van der Waals surface area contributed by atoms with Crippen molar-refractivity contribution < 1.29 is 9.53 Å². The minimum atomic E-state index is -0.741. The van der Waals surface area contributed by atoms with E-state index in [0.717, 1.165) is 31.4 Å². The topological polar surface area (TPSA) is 38.3 Å². The van der Waals surface area contributed by atoms with E-state index in [0.29, 0.717) is 5.02 Å². The lowest BCUT2D eigenvalue weighted by Crippen LogP contribution is -2.44. The Bertz CT molecular complexity index is 422. The van der Waals surface area contributed by atoms with Crippen molar-refractivity contribution in [2.45, 2.75) is 45.1 Å². The van der Waals surface area contributed by atoms with Crippen molar-refractivity contribution in [3.05, 3.63) is 29.3 Å². The summed E-state index contributed by atoms with van der Waals surface area (Å²) in [5.41, 5.74) is 0.0168. The molecule has 19 heavy (non-hydrogen) atoms. The van der Waals surface area contributed by atoms with Crippen LogP contribution in [-0.4, -0.2) is 18.6 Å². The van der Waals surface area contributed by atoms with Crippen molar-refractivity contribution in [3.8, 4) is 0 Å². The van der Waals surface area contributed by atoms with Gasteiger partial charge in [0.1, 0.15) is 5.54 Å². The zero-order valence-corrected chi connectivity index (χ0v) is 12.6. The second-order valence-corrected chi connectivity index (χ2v) is 5.29. The molecule has 1 N–H and O–H groups in total. The summed E-state index contributed by atoms with van der Waals surface area (Å²) < 4.78 is 4.91. The van der Waals surface area contributed by atoms with E-state index >= 15 is 0 Å². The number of rotatable bonds is 7. The third-order valence-corrected chi connectivity index (χ3v) is 3.53. The van der Waals surface area contributed by atoms with Crippen LogP contribution < -0.4 is 5.32 Å². The number of hydrogen-bond acceptors (Lipinski definition) is 3. The lowest BCUT2D eigenvalue weighted by molar-refractivity contribution is -0.145. The fourth-order valence-corrected chi connectivity index (χ4v) is 2.21. The standard InChI is InChI=1S/C15H22ClNO2/c1-4-5-8-11-15(2,14(18)19-3)17-13-10-7-6-9-12(13)16/h6-7,9-10,17H,4-5,8,11H2,1-3H3. The number of hydrogen-bond donors (Lipinski definition) is 1. The molecule has 0 radical (unpaired) electrons. The molecule has 1 aromatic rings. The third kappa shape index (κ3) is 4.43. The molecule has 0 fully saturated rings. The highest BCUT2D eigenvalue weighted by Crippen LogP contribution is 2.27. The number of ether oxygens (including phenoxy) is 1. The number of unbranched alkanes of at least 4 members (excludes halogenated alkanes) is 2. The molecule has 0 aliphatic carbocycles. The number of para-hydroxylation sites is 1. The van der Waals surface area contributed by atoms with Gasteiger partial charge in [-0.05, 0) is 25.5 Å². The molecule has 4 heteroatoms. The molecular weight excluding hydrogens is 262 g/mol. The van der Waals surface area contributed by atoms with Crippen molar-refractivity contribution in [2.24, 2.45) is 0 Å². The molecule has 0 bridgehead atoms. The van der Waals surface area contributed by atoms with Crippen molar-refractivity contribution in [3.63, 3.8) is 0 Å². The van der Waals surface area contributed by atoms with Crippen LogP contribution in [0.1, 0.15) is 39.5 Å². The van der Waals surface area contributed by atoms with Gasteiger partial charge in [0.2, 0.25) is 0 Å². The van der Waals surface area contributed by atoms with E-state index in [1.54, 1.807) is 6.07 Å². The predicted octanol–water partition coefficient (Wildman–Crippen LogP) is 4.26. The molecule has 0 spiro atoms. The highest BCUT2D eigenvalue weighted by atomic mass is 35.5. The largest absolute Gasteiger partial charge is 0.467 e. The molecule has 0 amide bonds. The monoisotopic (exact) mass is 283 g/mol. The lowest BCUT2D eigenvalue weighted by atomic mass is 9.94. The quantitative estimate of drug-likeness (QED) is 0.600. The predicted molar refractivity (Wildman–Crippen MR) is 79.6 cm³/mol. The second kappa shape index (κ2) is 7.39. The Morgan fingerprint density at radius 1 is 1.37 bits per heavy atom. The van der Waals surface area contributed by atoms with Crippen molar-refractivity contribution in [1.82, 2.24) is 0 Å². The SMILES string of the molecule is CCCCCC(C)(Nc1ccccc1Cl)C(=O)OC. The number of halogens is 1. The number of nitrogens with one attached hydrogen (secondary N) is 1. The number of carbonyl (C=O) groups is 1. The zero-order chi connectivity index (χ0) is 14.3. The minimum absolute atomic E-state index is 0.261. The number of benzene rings is 1. The summed E-state index contributed by atoms with van der Waals surface area (Å²) in [6.45, 7) is 3.99. The summed E-state index contributed by atoms with van der Waals surface area (Å²) in [5.74, 6) is -0.261. The Hall–Kier alpha value is -1.22. The van der Waals surface area contributed by atoms with Gasteiger partial charge in [-0.25, -0.2) is 4.79 Å². The molecule has 0 heterocycles. The zero-order valence-electron chi connectivity index (χ0n) is 11.8. The van der Waals surface area contributed by atoms with Gasteiger partial charge in [0, 0.05) is 0 Å². The van der Waals surface area contributed by atoms with Crippen LogP contribution in [0.3, 0.4) is 0 Å². The number of carbonyl (C=O) groups excluding carboxylic acids is 1. The fourth-order valence-electron chi connectivity index (χ4n) is 2.03. The molecule has 1 aromatic carbocycles. The van der Waals surface area contributed by atoms with Gasteiger partial charge in [-0.1, -0.05) is 49.9 Å². The molecule has 0 aliphatic heterocycles. The first-order valence-electron chi connectivity index (χ1n) is 6.64. The summed E-state index contributed by atoms with van der Waals surface area (Å²) in [6.07, 6.45) is 3.90. The molecular formula is C15H22ClNO2. The van der Waals surface area contributed by atoms with Crippen LogP contribution in [0.15, 0.2) is 24.3 Å². The molecule has 106 valence electrons. The Morgan fingerprint density at radius 2 is 2.05 bits per heavy atom. The summed E-state index contributed by atoms with van der Waals surface area (Å²) in [4.78, 5) is 12.0. The Labute approximate surface area is 120 Å². The van der Waals surface area contributed by atoms with E-state index in [9.17, 15) is 4.79 Å². The van der Waals surface area contributed by atoms with E-state index in [4.69, 9.17) is 16.3 Å². The normalized spacial score (nSPS) is 13.7. The van der Waals surface area contributed by atoms with Crippen LogP contribution in [-0.2, 0) is 9.53 Å². The first kappa shape index (κ1) is 15.8. The van der Waals surface area contributed by atoms with E-state index < -0.39 is 5.54 Å². The highest BCUT2D eigenvalue weighted by molar-refractivity contribution is 6.33. The summed E-state index contributed by atoms with van der Waals surface area (Å²) in [6, 6.07) is 7.41. The van der Waals surface area contributed by atoms with Crippen LogP contribution in [0.4, 0.5) is 5.69 Å². The molecule has 1 rings (SSSR count). The van der Waals surface area contributed by atoms with Crippen molar-refractivity contribution >= 4 is 23.3 Å². The van der Waals surface area contributed by atoms with Crippen LogP contribution in [0.25, 0.3) is 0 Å². The van der Waals surface area contributed by atoms with Crippen LogP contribution >= 0.6 is 11.6 Å².